The summed E-state index contributed by atoms with van der Waals surface area (Å²) in [4.78, 5) is 27.5. The Hall–Kier alpha value is -3.95. The van der Waals surface area contributed by atoms with Gasteiger partial charge in [0.25, 0.3) is 5.91 Å². The van der Waals surface area contributed by atoms with Crippen LogP contribution >= 0.6 is 0 Å². The third-order valence-electron chi connectivity index (χ3n) is 7.04. The molecule has 1 aliphatic rings. The van der Waals surface area contributed by atoms with E-state index in [4.69, 9.17) is 9.47 Å². The Balaban J connectivity index is 1.31. The van der Waals surface area contributed by atoms with Gasteiger partial charge in [-0.25, -0.2) is 9.97 Å². The first kappa shape index (κ1) is 25.7. The number of aromatic hydroxyl groups is 1. The molecule has 0 aliphatic carbocycles. The molecule has 2 aromatic carbocycles. The van der Waals surface area contributed by atoms with Crippen molar-refractivity contribution < 1.29 is 19.4 Å². The number of rotatable bonds is 9. The fourth-order valence-electron chi connectivity index (χ4n) is 5.03. The Morgan fingerprint density at radius 1 is 1.18 bits per heavy atom. The molecule has 198 valence electrons. The van der Waals surface area contributed by atoms with Gasteiger partial charge < -0.3 is 29.8 Å². The molecule has 2 aromatic heterocycles. The van der Waals surface area contributed by atoms with Crippen molar-refractivity contribution >= 4 is 16.9 Å². The second-order valence-electron chi connectivity index (χ2n) is 9.62. The third kappa shape index (κ3) is 5.64. The van der Waals surface area contributed by atoms with Crippen LogP contribution in [0.15, 0.2) is 54.7 Å². The highest BCUT2D eigenvalue weighted by molar-refractivity contribution is 5.97. The molecule has 9 nitrogen and oxygen atoms in total. The minimum atomic E-state index is -0.106. The molecule has 4 aromatic rings. The molecule has 1 amide bonds. The first-order chi connectivity index (χ1) is 18.6. The largest absolute Gasteiger partial charge is 0.507 e. The van der Waals surface area contributed by atoms with Gasteiger partial charge in [-0.2, -0.15) is 0 Å². The number of ether oxygens (including phenoxy) is 2. The maximum absolute atomic E-state index is 12.9. The Morgan fingerprint density at radius 2 is 2.08 bits per heavy atom. The molecule has 1 atom stereocenters. The number of fused-ring (bicyclic) bond motifs is 1. The van der Waals surface area contributed by atoms with E-state index >= 15 is 0 Å². The van der Waals surface area contributed by atoms with E-state index in [0.717, 1.165) is 55.7 Å². The molecule has 3 heterocycles. The van der Waals surface area contributed by atoms with E-state index < -0.39 is 0 Å². The van der Waals surface area contributed by atoms with Gasteiger partial charge in [0, 0.05) is 44.1 Å². The molecule has 5 rings (SSSR count). The number of nitrogens with zero attached hydrogens (tertiary/aromatic N) is 3. The summed E-state index contributed by atoms with van der Waals surface area (Å²) in [5, 5.41) is 13.7. The number of pyridine rings is 1. The van der Waals surface area contributed by atoms with Gasteiger partial charge in [-0.3, -0.25) is 4.79 Å². The van der Waals surface area contributed by atoms with Crippen LogP contribution in [0.25, 0.3) is 33.5 Å². The Labute approximate surface area is 221 Å². The lowest BCUT2D eigenvalue weighted by molar-refractivity contribution is 0.0913. The first-order valence-corrected chi connectivity index (χ1v) is 12.9. The quantitative estimate of drug-likeness (QED) is 0.308. The molecule has 0 spiro atoms. The van der Waals surface area contributed by atoms with Crippen molar-refractivity contribution in [2.75, 3.05) is 47.0 Å². The molecule has 9 heteroatoms. The maximum Gasteiger partial charge on any atom is 0.251 e. The summed E-state index contributed by atoms with van der Waals surface area (Å²) >= 11 is 0. The van der Waals surface area contributed by atoms with Crippen LogP contribution < -0.4 is 10.1 Å². The number of hydrogen-bond donors (Lipinski definition) is 3. The van der Waals surface area contributed by atoms with Gasteiger partial charge in [-0.05, 0) is 73.3 Å². The Bertz CT molecular complexity index is 1420. The first-order valence-electron chi connectivity index (χ1n) is 12.9. The number of phenols is 1. The zero-order valence-electron chi connectivity index (χ0n) is 21.7. The van der Waals surface area contributed by atoms with Crippen molar-refractivity contribution in [1.82, 2.24) is 25.2 Å². The van der Waals surface area contributed by atoms with Gasteiger partial charge in [0.15, 0.2) is 0 Å². The predicted octanol–water partition coefficient (Wildman–Crippen LogP) is 4.09. The highest BCUT2D eigenvalue weighted by atomic mass is 16.5. The van der Waals surface area contributed by atoms with Crippen LogP contribution in [-0.2, 0) is 4.74 Å². The van der Waals surface area contributed by atoms with E-state index in [9.17, 15) is 9.90 Å². The zero-order chi connectivity index (χ0) is 26.5. The van der Waals surface area contributed by atoms with Gasteiger partial charge in [0.2, 0.25) is 5.88 Å². The van der Waals surface area contributed by atoms with Gasteiger partial charge >= 0.3 is 0 Å². The van der Waals surface area contributed by atoms with Crippen LogP contribution in [0.2, 0.25) is 0 Å². The Morgan fingerprint density at radius 3 is 2.92 bits per heavy atom. The summed E-state index contributed by atoms with van der Waals surface area (Å²) in [6.07, 6.45) is 3.92. The number of phenolic OH excluding ortho intramolecular Hbond substituents is 1. The summed E-state index contributed by atoms with van der Waals surface area (Å²) in [6, 6.07) is 14.4. The number of piperidine rings is 1. The Kier molecular flexibility index (Phi) is 7.86. The predicted molar refractivity (Wildman–Crippen MR) is 146 cm³/mol. The number of carbonyl (C=O) groups excluding carboxylic acids is 1. The van der Waals surface area contributed by atoms with E-state index in [-0.39, 0.29) is 11.7 Å². The highest BCUT2D eigenvalue weighted by Crippen LogP contribution is 2.35. The standard InChI is InChI=1S/C29H33N5O4/c1-37-14-13-34-12-4-5-19(18-34)17-31-28(36)21-7-9-24-25(16-21)33-27(32-24)23-15-20(8-10-26(23)35)22-6-3-11-30-29(22)38-2/h3,6-11,15-16,19,35H,4-5,12-14,17-18H2,1-2H3,(H,31,36)(H,32,33). The van der Waals surface area contributed by atoms with E-state index in [1.807, 2.05) is 30.3 Å². The number of hydrogen-bond acceptors (Lipinski definition) is 7. The lowest BCUT2D eigenvalue weighted by atomic mass is 9.98. The van der Waals surface area contributed by atoms with E-state index in [1.54, 1.807) is 38.6 Å². The van der Waals surface area contributed by atoms with Crippen LogP contribution in [0.3, 0.4) is 0 Å². The van der Waals surface area contributed by atoms with Gasteiger partial charge in [0.05, 0.1) is 30.3 Å². The van der Waals surface area contributed by atoms with E-state index in [0.29, 0.717) is 40.8 Å². The topological polar surface area (TPSA) is 113 Å². The fourth-order valence-corrected chi connectivity index (χ4v) is 5.03. The van der Waals surface area contributed by atoms with Crippen molar-refractivity contribution in [1.29, 1.82) is 0 Å². The fraction of sp³-hybridized carbons (Fsp3) is 0.345. The summed E-state index contributed by atoms with van der Waals surface area (Å²) in [7, 11) is 3.30. The normalized spacial score (nSPS) is 16.0. The van der Waals surface area contributed by atoms with Crippen LogP contribution in [0.5, 0.6) is 11.6 Å². The van der Waals surface area contributed by atoms with Crippen LogP contribution in [0.4, 0.5) is 0 Å². The van der Waals surface area contributed by atoms with Gasteiger partial charge in [-0.1, -0.05) is 6.07 Å². The maximum atomic E-state index is 12.9. The molecule has 0 radical (unpaired) electrons. The minimum Gasteiger partial charge on any atom is -0.507 e. The van der Waals surface area contributed by atoms with E-state index in [1.165, 1.54) is 0 Å². The number of likely N-dealkylation sites (tertiary alicyclic amines) is 1. The van der Waals surface area contributed by atoms with Crippen molar-refractivity contribution in [3.63, 3.8) is 0 Å². The molecule has 0 bridgehead atoms. The second kappa shape index (κ2) is 11.6. The monoisotopic (exact) mass is 515 g/mol. The van der Waals surface area contributed by atoms with Gasteiger partial charge in [-0.15, -0.1) is 0 Å². The lowest BCUT2D eigenvalue weighted by Crippen LogP contribution is -2.42. The molecule has 0 saturated carbocycles. The number of aromatic nitrogens is 3. The average molecular weight is 516 g/mol. The smallest absolute Gasteiger partial charge is 0.251 e. The lowest BCUT2D eigenvalue weighted by Gasteiger charge is -2.32. The number of nitrogens with one attached hydrogen (secondary N) is 2. The van der Waals surface area contributed by atoms with Crippen LogP contribution in [-0.4, -0.2) is 77.9 Å². The molecule has 38 heavy (non-hydrogen) atoms. The van der Waals surface area contributed by atoms with Crippen molar-refractivity contribution in [2.24, 2.45) is 5.92 Å². The number of methoxy groups -OCH3 is 2. The van der Waals surface area contributed by atoms with Crippen LogP contribution in [0, 0.1) is 5.92 Å². The molecule has 1 aliphatic heterocycles. The number of aromatic amines is 1. The third-order valence-corrected chi connectivity index (χ3v) is 7.04. The SMILES string of the molecule is COCCN1CCCC(CNC(=O)c2ccc3nc(-c4cc(-c5cccnc5OC)ccc4O)[nH]c3c2)C1. The van der Waals surface area contributed by atoms with Crippen molar-refractivity contribution in [3.05, 3.63) is 60.3 Å². The zero-order valence-corrected chi connectivity index (χ0v) is 21.7. The second-order valence-corrected chi connectivity index (χ2v) is 9.62. The van der Waals surface area contributed by atoms with Crippen molar-refractivity contribution in [3.8, 4) is 34.1 Å². The summed E-state index contributed by atoms with van der Waals surface area (Å²) in [6.45, 7) is 4.35. The minimum absolute atomic E-state index is 0.0978. The summed E-state index contributed by atoms with van der Waals surface area (Å²) in [5.41, 5.74) is 4.20. The number of carbonyl (C=O) groups is 1. The number of benzene rings is 2. The summed E-state index contributed by atoms with van der Waals surface area (Å²) < 4.78 is 10.6. The summed E-state index contributed by atoms with van der Waals surface area (Å²) in [5.74, 6) is 1.44. The van der Waals surface area contributed by atoms with Crippen molar-refractivity contribution in [2.45, 2.75) is 12.8 Å². The molecule has 1 fully saturated rings. The molecular formula is C29H33N5O4. The van der Waals surface area contributed by atoms with E-state index in [2.05, 4.69) is 25.2 Å². The molecule has 3 N–H and O–H groups in total. The highest BCUT2D eigenvalue weighted by Gasteiger charge is 2.21. The molecular weight excluding hydrogens is 482 g/mol. The molecule has 1 saturated heterocycles. The number of H-pyrrole nitrogens is 1. The average Bonchev–Trinajstić information content (AvgIpc) is 3.38. The number of amides is 1. The molecule has 1 unspecified atom stereocenters. The van der Waals surface area contributed by atoms with Crippen LogP contribution in [0.1, 0.15) is 23.2 Å². The van der Waals surface area contributed by atoms with Gasteiger partial charge in [0.1, 0.15) is 11.6 Å². The number of imidazole rings is 1.